The minimum atomic E-state index is 0.156. The molecule has 8 nitrogen and oxygen atoms in total. The Morgan fingerprint density at radius 3 is 2.56 bits per heavy atom. The van der Waals surface area contributed by atoms with Crippen LogP contribution in [0.3, 0.4) is 0 Å². The first-order valence-corrected chi connectivity index (χ1v) is 11.9. The first-order valence-electron chi connectivity index (χ1n) is 11.9. The molecule has 3 rings (SSSR count). The van der Waals surface area contributed by atoms with Crippen LogP contribution in [0.5, 0.6) is 0 Å². The quantitative estimate of drug-likeness (QED) is 0.465. The third kappa shape index (κ3) is 7.67. The number of ether oxygens (including phenoxy) is 1. The number of carbonyl (C=O) groups is 1. The van der Waals surface area contributed by atoms with Crippen LogP contribution in [0.1, 0.15) is 20.3 Å². The maximum atomic E-state index is 12.6. The number of piperazine rings is 1. The number of nitrogens with zero attached hydrogens (tertiary/aromatic N) is 4. The Morgan fingerprint density at radius 1 is 1.12 bits per heavy atom. The van der Waals surface area contributed by atoms with Crippen molar-refractivity contribution in [2.75, 3.05) is 77.5 Å². The number of hydrogen-bond acceptors (Lipinski definition) is 5. The third-order valence-corrected chi connectivity index (χ3v) is 5.95. The van der Waals surface area contributed by atoms with Gasteiger partial charge in [0.1, 0.15) is 0 Å². The summed E-state index contributed by atoms with van der Waals surface area (Å²) in [5.41, 5.74) is 1.23. The molecule has 0 bridgehead atoms. The molecule has 1 aromatic carbocycles. The maximum absolute atomic E-state index is 12.6. The van der Waals surface area contributed by atoms with Crippen LogP contribution in [0.15, 0.2) is 35.3 Å². The maximum Gasteiger partial charge on any atom is 0.224 e. The number of hydrogen-bond donors (Lipinski definition) is 2. The van der Waals surface area contributed by atoms with Crippen LogP contribution < -0.4 is 15.5 Å². The van der Waals surface area contributed by atoms with Crippen LogP contribution in [0.4, 0.5) is 5.69 Å². The lowest BCUT2D eigenvalue weighted by Crippen LogP contribution is -2.51. The van der Waals surface area contributed by atoms with E-state index in [0.29, 0.717) is 25.4 Å². The number of morpholine rings is 1. The highest BCUT2D eigenvalue weighted by Gasteiger charge is 2.22. The van der Waals surface area contributed by atoms with Crippen LogP contribution in [0, 0.1) is 5.92 Å². The molecule has 1 unspecified atom stereocenters. The summed E-state index contributed by atoms with van der Waals surface area (Å²) in [5.74, 6) is 1.58. The molecular weight excluding hydrogens is 404 g/mol. The molecule has 178 valence electrons. The number of rotatable bonds is 8. The van der Waals surface area contributed by atoms with Gasteiger partial charge in [-0.3, -0.25) is 14.7 Å². The molecule has 2 saturated heterocycles. The predicted molar refractivity (Wildman–Crippen MR) is 130 cm³/mol. The summed E-state index contributed by atoms with van der Waals surface area (Å²) in [7, 11) is 1.76. The summed E-state index contributed by atoms with van der Waals surface area (Å²) in [5, 5.41) is 6.61. The van der Waals surface area contributed by atoms with Gasteiger partial charge in [-0.05, 0) is 18.1 Å². The number of nitrogens with one attached hydrogen (secondary N) is 2. The molecule has 8 heteroatoms. The second-order valence-electron chi connectivity index (χ2n) is 8.98. The van der Waals surface area contributed by atoms with Gasteiger partial charge in [0.2, 0.25) is 5.91 Å². The monoisotopic (exact) mass is 444 g/mol. The lowest BCUT2D eigenvalue weighted by molar-refractivity contribution is -0.131. The van der Waals surface area contributed by atoms with Gasteiger partial charge in [0.25, 0.3) is 0 Å². The molecule has 2 fully saturated rings. The molecule has 2 heterocycles. The van der Waals surface area contributed by atoms with Gasteiger partial charge in [-0.15, -0.1) is 0 Å². The zero-order chi connectivity index (χ0) is 22.8. The fraction of sp³-hybridized carbons (Fsp3) is 0.667. The zero-order valence-electron chi connectivity index (χ0n) is 19.9. The van der Waals surface area contributed by atoms with Gasteiger partial charge in [0, 0.05) is 78.1 Å². The summed E-state index contributed by atoms with van der Waals surface area (Å²) in [6.07, 6.45) is 0.623. The smallest absolute Gasteiger partial charge is 0.224 e. The van der Waals surface area contributed by atoms with Crippen molar-refractivity contribution in [1.82, 2.24) is 20.4 Å². The van der Waals surface area contributed by atoms with Gasteiger partial charge < -0.3 is 25.2 Å². The van der Waals surface area contributed by atoms with E-state index in [4.69, 9.17) is 4.74 Å². The molecule has 0 aliphatic carbocycles. The molecule has 1 atom stereocenters. The van der Waals surface area contributed by atoms with E-state index in [0.717, 1.165) is 58.4 Å². The van der Waals surface area contributed by atoms with Crippen molar-refractivity contribution in [2.24, 2.45) is 10.9 Å². The van der Waals surface area contributed by atoms with Gasteiger partial charge in [-0.25, -0.2) is 0 Å². The molecule has 1 amide bonds. The summed E-state index contributed by atoms with van der Waals surface area (Å²) in [6.45, 7) is 12.9. The molecule has 0 radical (unpaired) electrons. The molecule has 0 saturated carbocycles. The molecule has 0 spiro atoms. The number of amides is 1. The normalized spacial score (nSPS) is 20.5. The highest BCUT2D eigenvalue weighted by Crippen LogP contribution is 2.15. The number of carbonyl (C=O) groups excluding carboxylic acids is 1. The highest BCUT2D eigenvalue weighted by molar-refractivity contribution is 5.81. The minimum Gasteiger partial charge on any atom is -0.374 e. The average molecular weight is 445 g/mol. The Kier molecular flexibility index (Phi) is 9.62. The first kappa shape index (κ1) is 24.3. The Hall–Kier alpha value is -2.32. The second-order valence-corrected chi connectivity index (χ2v) is 8.98. The lowest BCUT2D eigenvalue weighted by atomic mass is 10.2. The van der Waals surface area contributed by atoms with E-state index in [1.54, 1.807) is 7.05 Å². The molecule has 32 heavy (non-hydrogen) atoms. The van der Waals surface area contributed by atoms with Crippen LogP contribution in [-0.2, 0) is 9.53 Å². The number of anilines is 1. The van der Waals surface area contributed by atoms with Crippen molar-refractivity contribution in [3.8, 4) is 0 Å². The fourth-order valence-corrected chi connectivity index (χ4v) is 4.32. The molecule has 2 aliphatic heterocycles. The van der Waals surface area contributed by atoms with E-state index in [2.05, 4.69) is 63.5 Å². The Balaban J connectivity index is 1.32. The number of aliphatic imine (C=N–C) groups is 1. The van der Waals surface area contributed by atoms with Gasteiger partial charge in [-0.1, -0.05) is 32.0 Å². The number of benzene rings is 1. The third-order valence-electron chi connectivity index (χ3n) is 5.95. The van der Waals surface area contributed by atoms with Gasteiger partial charge >= 0.3 is 0 Å². The van der Waals surface area contributed by atoms with Crippen molar-refractivity contribution < 1.29 is 9.53 Å². The van der Waals surface area contributed by atoms with Gasteiger partial charge in [0.05, 0.1) is 12.7 Å². The fourth-order valence-electron chi connectivity index (χ4n) is 4.32. The minimum absolute atomic E-state index is 0.156. The van der Waals surface area contributed by atoms with E-state index in [-0.39, 0.29) is 12.0 Å². The van der Waals surface area contributed by atoms with Crippen molar-refractivity contribution in [3.05, 3.63) is 30.3 Å². The van der Waals surface area contributed by atoms with Crippen LogP contribution in [-0.4, -0.2) is 100 Å². The molecule has 1 aromatic rings. The number of para-hydroxylation sites is 1. The first-order chi connectivity index (χ1) is 15.5. The van der Waals surface area contributed by atoms with E-state index < -0.39 is 0 Å². The van der Waals surface area contributed by atoms with E-state index in [9.17, 15) is 4.79 Å². The van der Waals surface area contributed by atoms with Crippen LogP contribution >= 0.6 is 0 Å². The predicted octanol–water partition coefficient (Wildman–Crippen LogP) is 1.25. The molecular formula is C24H40N6O2. The average Bonchev–Trinajstić information content (AvgIpc) is 2.81. The van der Waals surface area contributed by atoms with Gasteiger partial charge in [0.15, 0.2) is 5.96 Å². The topological polar surface area (TPSA) is 72.4 Å². The van der Waals surface area contributed by atoms with E-state index >= 15 is 0 Å². The highest BCUT2D eigenvalue weighted by atomic mass is 16.5. The van der Waals surface area contributed by atoms with Crippen LogP contribution in [0.2, 0.25) is 0 Å². The zero-order valence-corrected chi connectivity index (χ0v) is 19.9. The van der Waals surface area contributed by atoms with Crippen molar-refractivity contribution >= 4 is 17.6 Å². The Morgan fingerprint density at radius 2 is 1.88 bits per heavy atom. The van der Waals surface area contributed by atoms with E-state index in [1.807, 2.05) is 11.0 Å². The van der Waals surface area contributed by atoms with E-state index in [1.165, 1.54) is 5.69 Å². The Bertz CT molecular complexity index is 718. The second kappa shape index (κ2) is 12.6. The summed E-state index contributed by atoms with van der Waals surface area (Å²) in [4.78, 5) is 23.7. The van der Waals surface area contributed by atoms with Crippen molar-refractivity contribution in [3.63, 3.8) is 0 Å². The standard InChI is InChI=1S/C24H40N6O2/c1-20(2)18-28-15-16-32-22(19-28)17-27-24(25-3)26-10-9-23(31)30-13-11-29(12-14-30)21-7-5-4-6-8-21/h4-8,20,22H,9-19H2,1-3H3,(H2,25,26,27). The molecule has 2 N–H and O–H groups in total. The largest absolute Gasteiger partial charge is 0.374 e. The summed E-state index contributed by atoms with van der Waals surface area (Å²) < 4.78 is 5.90. The lowest BCUT2D eigenvalue weighted by Gasteiger charge is -2.36. The number of guanidine groups is 1. The summed E-state index contributed by atoms with van der Waals surface area (Å²) in [6, 6.07) is 10.4. The van der Waals surface area contributed by atoms with Crippen molar-refractivity contribution in [2.45, 2.75) is 26.4 Å². The Labute approximate surface area is 193 Å². The van der Waals surface area contributed by atoms with Crippen molar-refractivity contribution in [1.29, 1.82) is 0 Å². The van der Waals surface area contributed by atoms with Gasteiger partial charge in [-0.2, -0.15) is 0 Å². The molecule has 2 aliphatic rings. The SMILES string of the molecule is CN=C(NCCC(=O)N1CCN(c2ccccc2)CC1)NCC1CN(CC(C)C)CCO1. The summed E-state index contributed by atoms with van der Waals surface area (Å²) >= 11 is 0. The molecule has 0 aromatic heterocycles. The van der Waals surface area contributed by atoms with Crippen LogP contribution in [0.25, 0.3) is 0 Å².